The lowest BCUT2D eigenvalue weighted by molar-refractivity contribution is 0.0163. The molecule has 0 aliphatic carbocycles. The molecule has 0 aromatic heterocycles. The van der Waals surface area contributed by atoms with E-state index in [0.29, 0.717) is 12.2 Å². The normalized spacial score (nSPS) is 12.5. The first-order chi connectivity index (χ1) is 8.15. The molecular weight excluding hydrogens is 227 g/mol. The van der Waals surface area contributed by atoms with E-state index in [-0.39, 0.29) is 25.6 Å². The Morgan fingerprint density at radius 2 is 2.06 bits per heavy atom. The molecule has 0 radical (unpaired) electrons. The summed E-state index contributed by atoms with van der Waals surface area (Å²) in [6, 6.07) is 3.95. The number of hydrogen-bond acceptors (Lipinski definition) is 4. The van der Waals surface area contributed by atoms with Crippen molar-refractivity contribution in [2.45, 2.75) is 19.6 Å². The number of ether oxygens (including phenoxy) is 2. The van der Waals surface area contributed by atoms with Crippen LogP contribution in [0.4, 0.5) is 4.39 Å². The van der Waals surface area contributed by atoms with E-state index in [1.807, 2.05) is 6.92 Å². The lowest BCUT2D eigenvalue weighted by atomic mass is 10.2. The Balaban J connectivity index is 2.48. The average molecular weight is 244 g/mol. The minimum atomic E-state index is -0.754. The predicted octanol–water partition coefficient (Wildman–Crippen LogP) is 1.09. The molecule has 2 N–H and O–H groups in total. The van der Waals surface area contributed by atoms with Gasteiger partial charge in [0.25, 0.3) is 0 Å². The van der Waals surface area contributed by atoms with Gasteiger partial charge in [0.05, 0.1) is 13.2 Å². The zero-order chi connectivity index (χ0) is 12.7. The van der Waals surface area contributed by atoms with Gasteiger partial charge in [-0.15, -0.1) is 0 Å². The third-order valence-electron chi connectivity index (χ3n) is 2.07. The van der Waals surface area contributed by atoms with Gasteiger partial charge in [-0.25, -0.2) is 4.39 Å². The average Bonchev–Trinajstić information content (AvgIpc) is 2.33. The van der Waals surface area contributed by atoms with Crippen molar-refractivity contribution < 1.29 is 24.1 Å². The van der Waals surface area contributed by atoms with E-state index in [9.17, 15) is 9.50 Å². The summed E-state index contributed by atoms with van der Waals surface area (Å²) in [7, 11) is 0. The van der Waals surface area contributed by atoms with E-state index in [4.69, 9.17) is 14.6 Å². The summed E-state index contributed by atoms with van der Waals surface area (Å²) in [5.74, 6) is -0.199. The van der Waals surface area contributed by atoms with Gasteiger partial charge in [-0.3, -0.25) is 0 Å². The number of aliphatic hydroxyl groups excluding tert-OH is 2. The van der Waals surface area contributed by atoms with Crippen LogP contribution >= 0.6 is 0 Å². The molecule has 0 saturated heterocycles. The van der Waals surface area contributed by atoms with Crippen molar-refractivity contribution in [1.82, 2.24) is 0 Å². The van der Waals surface area contributed by atoms with E-state index >= 15 is 0 Å². The second kappa shape index (κ2) is 7.21. The number of benzene rings is 1. The molecule has 0 aliphatic rings. The van der Waals surface area contributed by atoms with Crippen molar-refractivity contribution in [3.8, 4) is 5.75 Å². The minimum absolute atomic E-state index is 0.0221. The molecule has 0 fully saturated rings. The molecular formula is C12H17FO4. The second-order valence-electron chi connectivity index (χ2n) is 3.58. The van der Waals surface area contributed by atoms with Gasteiger partial charge in [-0.1, -0.05) is 0 Å². The van der Waals surface area contributed by atoms with Crippen LogP contribution in [0.1, 0.15) is 12.5 Å². The zero-order valence-electron chi connectivity index (χ0n) is 9.73. The van der Waals surface area contributed by atoms with Crippen LogP contribution < -0.4 is 4.74 Å². The van der Waals surface area contributed by atoms with Gasteiger partial charge in [-0.2, -0.15) is 0 Å². The van der Waals surface area contributed by atoms with E-state index < -0.39 is 11.9 Å². The molecule has 17 heavy (non-hydrogen) atoms. The highest BCUT2D eigenvalue weighted by Crippen LogP contribution is 2.16. The summed E-state index contributed by atoms with van der Waals surface area (Å²) >= 11 is 0. The first kappa shape index (κ1) is 13.9. The van der Waals surface area contributed by atoms with Gasteiger partial charge < -0.3 is 19.7 Å². The highest BCUT2D eigenvalue weighted by molar-refractivity contribution is 5.29. The van der Waals surface area contributed by atoms with Crippen molar-refractivity contribution in [3.05, 3.63) is 29.6 Å². The van der Waals surface area contributed by atoms with Crippen molar-refractivity contribution >= 4 is 0 Å². The summed E-state index contributed by atoms with van der Waals surface area (Å²) in [5, 5.41) is 18.3. The van der Waals surface area contributed by atoms with Gasteiger partial charge >= 0.3 is 0 Å². The maximum Gasteiger partial charge on any atom is 0.127 e. The first-order valence-electron chi connectivity index (χ1n) is 5.44. The van der Waals surface area contributed by atoms with E-state index in [0.717, 1.165) is 0 Å². The number of rotatable bonds is 7. The van der Waals surface area contributed by atoms with Crippen LogP contribution in [0, 0.1) is 5.82 Å². The molecule has 0 aliphatic heterocycles. The van der Waals surface area contributed by atoms with Crippen LogP contribution in [0.15, 0.2) is 18.2 Å². The van der Waals surface area contributed by atoms with Crippen LogP contribution in [-0.2, 0) is 11.3 Å². The molecule has 1 unspecified atom stereocenters. The molecule has 1 aromatic carbocycles. The molecule has 1 aromatic rings. The summed E-state index contributed by atoms with van der Waals surface area (Å²) in [6.07, 6.45) is -0.754. The topological polar surface area (TPSA) is 58.9 Å². The van der Waals surface area contributed by atoms with Gasteiger partial charge in [0.2, 0.25) is 0 Å². The zero-order valence-corrected chi connectivity index (χ0v) is 9.73. The lowest BCUT2D eigenvalue weighted by Crippen LogP contribution is -2.23. The van der Waals surface area contributed by atoms with Crippen molar-refractivity contribution in [2.75, 3.05) is 19.8 Å². The smallest absolute Gasteiger partial charge is 0.127 e. The molecule has 0 bridgehead atoms. The Labute approximate surface area is 99.6 Å². The summed E-state index contributed by atoms with van der Waals surface area (Å²) in [4.78, 5) is 0. The van der Waals surface area contributed by atoms with E-state index in [1.54, 1.807) is 0 Å². The Morgan fingerprint density at radius 1 is 1.29 bits per heavy atom. The van der Waals surface area contributed by atoms with Crippen LogP contribution in [0.25, 0.3) is 0 Å². The SMILES string of the molecule is CCOCC(O)COc1cc(F)cc(CO)c1. The molecule has 5 heteroatoms. The molecule has 1 atom stereocenters. The second-order valence-corrected chi connectivity index (χ2v) is 3.58. The first-order valence-corrected chi connectivity index (χ1v) is 5.44. The van der Waals surface area contributed by atoms with E-state index in [2.05, 4.69) is 0 Å². The van der Waals surface area contributed by atoms with Gasteiger partial charge in [0.15, 0.2) is 0 Å². The van der Waals surface area contributed by atoms with Crippen LogP contribution in [0.2, 0.25) is 0 Å². The van der Waals surface area contributed by atoms with Crippen molar-refractivity contribution in [1.29, 1.82) is 0 Å². The minimum Gasteiger partial charge on any atom is -0.491 e. The third-order valence-corrected chi connectivity index (χ3v) is 2.07. The standard InChI is InChI=1S/C12H17FO4/c1-2-16-7-11(15)8-17-12-4-9(6-14)3-10(13)5-12/h3-5,11,14-15H,2,6-8H2,1H3. The summed E-state index contributed by atoms with van der Waals surface area (Å²) < 4.78 is 23.3. The quantitative estimate of drug-likeness (QED) is 0.754. The molecule has 96 valence electrons. The van der Waals surface area contributed by atoms with Crippen LogP contribution in [0.5, 0.6) is 5.75 Å². The van der Waals surface area contributed by atoms with Crippen LogP contribution in [0.3, 0.4) is 0 Å². The third kappa shape index (κ3) is 5.12. The Bertz CT molecular complexity index is 343. The maximum absolute atomic E-state index is 13.1. The van der Waals surface area contributed by atoms with Gasteiger partial charge in [-0.05, 0) is 24.6 Å². The van der Waals surface area contributed by atoms with Gasteiger partial charge in [0, 0.05) is 12.7 Å². The molecule has 0 amide bonds. The Kier molecular flexibility index (Phi) is 5.90. The Morgan fingerprint density at radius 3 is 2.71 bits per heavy atom. The molecule has 0 spiro atoms. The van der Waals surface area contributed by atoms with Crippen LogP contribution in [-0.4, -0.2) is 36.1 Å². The monoisotopic (exact) mass is 244 g/mol. The summed E-state index contributed by atoms with van der Waals surface area (Å²) in [5.41, 5.74) is 0.430. The fourth-order valence-electron chi connectivity index (χ4n) is 1.29. The largest absolute Gasteiger partial charge is 0.491 e. The fourth-order valence-corrected chi connectivity index (χ4v) is 1.29. The highest BCUT2D eigenvalue weighted by Gasteiger charge is 2.06. The fraction of sp³-hybridized carbons (Fsp3) is 0.500. The molecule has 0 heterocycles. The van der Waals surface area contributed by atoms with Crippen molar-refractivity contribution in [2.24, 2.45) is 0 Å². The lowest BCUT2D eigenvalue weighted by Gasteiger charge is -2.12. The maximum atomic E-state index is 13.1. The van der Waals surface area contributed by atoms with E-state index in [1.165, 1.54) is 18.2 Å². The number of aliphatic hydroxyl groups is 2. The molecule has 0 saturated carbocycles. The number of hydrogen-bond donors (Lipinski definition) is 2. The highest BCUT2D eigenvalue weighted by atomic mass is 19.1. The summed E-state index contributed by atoms with van der Waals surface area (Å²) in [6.45, 7) is 2.29. The molecule has 4 nitrogen and oxygen atoms in total. The number of halogens is 1. The van der Waals surface area contributed by atoms with Gasteiger partial charge in [0.1, 0.15) is 24.3 Å². The van der Waals surface area contributed by atoms with Crippen molar-refractivity contribution in [3.63, 3.8) is 0 Å². The molecule has 1 rings (SSSR count). The Hall–Kier alpha value is -1.17. The predicted molar refractivity (Wildman–Crippen MR) is 60.3 cm³/mol.